The van der Waals surface area contributed by atoms with Crippen molar-refractivity contribution >= 4 is 35.0 Å². The number of hydrogen-bond acceptors (Lipinski definition) is 7. The summed E-state index contributed by atoms with van der Waals surface area (Å²) in [7, 11) is 0. The summed E-state index contributed by atoms with van der Waals surface area (Å²) in [5, 5.41) is 15.5. The van der Waals surface area contributed by atoms with Crippen LogP contribution in [0.4, 0.5) is 21.8 Å². The Labute approximate surface area is 193 Å². The van der Waals surface area contributed by atoms with Crippen LogP contribution in [-0.2, 0) is 6.42 Å². The second-order valence-corrected chi connectivity index (χ2v) is 7.38. The molecular weight excluding hydrogens is 447 g/mol. The average Bonchev–Trinajstić information content (AvgIpc) is 2.82. The van der Waals surface area contributed by atoms with Crippen molar-refractivity contribution in [2.75, 3.05) is 17.2 Å². The molecule has 3 N–H and O–H groups in total. The number of anilines is 3. The molecule has 0 amide bonds. The second-order valence-electron chi connectivity index (χ2n) is 6.98. The van der Waals surface area contributed by atoms with Crippen molar-refractivity contribution in [2.24, 2.45) is 0 Å². The molecule has 0 bridgehead atoms. The van der Waals surface area contributed by atoms with Crippen LogP contribution in [-0.4, -0.2) is 37.6 Å². The van der Waals surface area contributed by atoms with Gasteiger partial charge in [0, 0.05) is 60.3 Å². The Kier molecular flexibility index (Phi) is 6.70. The van der Waals surface area contributed by atoms with Gasteiger partial charge in [0.05, 0.1) is 10.6 Å². The van der Waals surface area contributed by atoms with Gasteiger partial charge in [0.2, 0.25) is 5.95 Å². The number of rotatable bonds is 8. The van der Waals surface area contributed by atoms with Gasteiger partial charge >= 0.3 is 5.97 Å². The first-order valence-electron chi connectivity index (χ1n) is 9.91. The zero-order valence-electron chi connectivity index (χ0n) is 17.2. The fourth-order valence-corrected chi connectivity index (χ4v) is 3.23. The van der Waals surface area contributed by atoms with Gasteiger partial charge in [0.15, 0.2) is 0 Å². The van der Waals surface area contributed by atoms with Crippen LogP contribution in [0.5, 0.6) is 0 Å². The van der Waals surface area contributed by atoms with Crippen LogP contribution in [0.15, 0.2) is 67.3 Å². The van der Waals surface area contributed by atoms with Crippen molar-refractivity contribution in [2.45, 2.75) is 6.42 Å². The first kappa shape index (κ1) is 22.1. The maximum atomic E-state index is 13.5. The van der Waals surface area contributed by atoms with E-state index in [4.69, 9.17) is 11.6 Å². The third kappa shape index (κ3) is 5.58. The summed E-state index contributed by atoms with van der Waals surface area (Å²) in [4.78, 5) is 28.5. The molecule has 0 saturated carbocycles. The van der Waals surface area contributed by atoms with Crippen molar-refractivity contribution in [3.8, 4) is 11.1 Å². The van der Waals surface area contributed by atoms with Gasteiger partial charge in [0.1, 0.15) is 11.6 Å². The number of halogens is 2. The summed E-state index contributed by atoms with van der Waals surface area (Å²) < 4.78 is 13.5. The van der Waals surface area contributed by atoms with Crippen LogP contribution in [0.25, 0.3) is 11.1 Å². The van der Waals surface area contributed by atoms with Gasteiger partial charge in [0.25, 0.3) is 0 Å². The van der Waals surface area contributed by atoms with E-state index < -0.39 is 11.8 Å². The van der Waals surface area contributed by atoms with Crippen LogP contribution in [0, 0.1) is 5.82 Å². The number of carbonyl (C=O) groups is 1. The Morgan fingerprint density at radius 1 is 1.09 bits per heavy atom. The highest BCUT2D eigenvalue weighted by molar-refractivity contribution is 6.31. The minimum absolute atomic E-state index is 0.0260. The van der Waals surface area contributed by atoms with Gasteiger partial charge in [-0.05, 0) is 36.4 Å². The average molecular weight is 465 g/mol. The molecule has 8 nitrogen and oxygen atoms in total. The minimum atomic E-state index is -1.08. The van der Waals surface area contributed by atoms with Gasteiger partial charge < -0.3 is 15.7 Å². The van der Waals surface area contributed by atoms with Gasteiger partial charge in [-0.1, -0.05) is 17.7 Å². The highest BCUT2D eigenvalue weighted by Gasteiger charge is 2.13. The number of carboxylic acids is 1. The number of benzene rings is 1. The van der Waals surface area contributed by atoms with Crippen LogP contribution in [0.1, 0.15) is 16.1 Å². The molecule has 4 rings (SSSR count). The number of pyridine rings is 2. The Morgan fingerprint density at radius 2 is 1.97 bits per heavy atom. The molecule has 3 heterocycles. The molecule has 0 radical (unpaired) electrons. The van der Waals surface area contributed by atoms with Gasteiger partial charge in [-0.2, -0.15) is 4.98 Å². The van der Waals surface area contributed by atoms with E-state index in [1.807, 2.05) is 18.2 Å². The van der Waals surface area contributed by atoms with E-state index in [0.29, 0.717) is 35.6 Å². The number of hydrogen-bond donors (Lipinski definition) is 3. The molecule has 33 heavy (non-hydrogen) atoms. The van der Waals surface area contributed by atoms with Crippen LogP contribution < -0.4 is 10.6 Å². The second kappa shape index (κ2) is 10.0. The Morgan fingerprint density at radius 3 is 2.73 bits per heavy atom. The molecule has 1 aromatic carbocycles. The molecule has 0 fully saturated rings. The molecule has 166 valence electrons. The predicted octanol–water partition coefficient (Wildman–Crippen LogP) is 4.82. The third-order valence-electron chi connectivity index (χ3n) is 4.66. The quantitative estimate of drug-likeness (QED) is 0.340. The molecule has 0 unspecified atom stereocenters. The summed E-state index contributed by atoms with van der Waals surface area (Å²) in [5.74, 6) is -0.882. The molecule has 10 heteroatoms. The van der Waals surface area contributed by atoms with E-state index in [2.05, 4.69) is 30.6 Å². The lowest BCUT2D eigenvalue weighted by Gasteiger charge is -2.13. The van der Waals surface area contributed by atoms with E-state index in [-0.39, 0.29) is 16.5 Å². The largest absolute Gasteiger partial charge is 0.478 e. The first-order chi connectivity index (χ1) is 16.0. The van der Waals surface area contributed by atoms with Crippen LogP contribution in [0.3, 0.4) is 0 Å². The number of nitrogens with one attached hydrogen (secondary N) is 2. The van der Waals surface area contributed by atoms with Crippen molar-refractivity contribution in [1.82, 2.24) is 19.9 Å². The van der Waals surface area contributed by atoms with E-state index in [9.17, 15) is 14.3 Å². The maximum absolute atomic E-state index is 13.5. The van der Waals surface area contributed by atoms with Crippen LogP contribution in [0.2, 0.25) is 5.02 Å². The lowest BCUT2D eigenvalue weighted by atomic mass is 10.1. The number of nitrogens with zero attached hydrogens (tertiary/aromatic N) is 4. The van der Waals surface area contributed by atoms with Crippen LogP contribution >= 0.6 is 11.6 Å². The fourth-order valence-electron chi connectivity index (χ4n) is 3.05. The van der Waals surface area contributed by atoms with E-state index >= 15 is 0 Å². The van der Waals surface area contributed by atoms with Crippen molar-refractivity contribution in [3.63, 3.8) is 0 Å². The first-order valence-corrected chi connectivity index (χ1v) is 10.3. The molecule has 0 spiro atoms. The van der Waals surface area contributed by atoms with E-state index in [1.54, 1.807) is 18.6 Å². The normalized spacial score (nSPS) is 10.6. The van der Waals surface area contributed by atoms with Gasteiger partial charge in [-0.25, -0.2) is 14.2 Å². The Balaban J connectivity index is 1.63. The topological polar surface area (TPSA) is 113 Å². The number of carboxylic acid groups (broad SMARTS) is 1. The summed E-state index contributed by atoms with van der Waals surface area (Å²) in [6, 6.07) is 11.4. The van der Waals surface area contributed by atoms with Crippen molar-refractivity contribution in [1.29, 1.82) is 0 Å². The highest BCUT2D eigenvalue weighted by atomic mass is 35.5. The molecule has 3 aromatic heterocycles. The molecular formula is C23H18ClFN6O2. The van der Waals surface area contributed by atoms with Gasteiger partial charge in [-0.15, -0.1) is 0 Å². The lowest BCUT2D eigenvalue weighted by molar-refractivity contribution is 0.0696. The molecule has 0 saturated heterocycles. The summed E-state index contributed by atoms with van der Waals surface area (Å²) in [6.45, 7) is 0.523. The summed E-state index contributed by atoms with van der Waals surface area (Å²) in [6.07, 6.45) is 6.75. The fraction of sp³-hybridized carbons (Fsp3) is 0.0870. The standard InChI is InChI=1S/C23H18ClFN6O2/c24-19-10-17(4-5-20(19)25)30-23-29-13-18(14-9-15(22(32)33)12-26-11-14)21(31-23)28-8-6-16-3-1-2-7-27-16/h1-5,7,9-13H,6,8H2,(H,32,33)(H2,28,29,30,31). The summed E-state index contributed by atoms with van der Waals surface area (Å²) in [5.41, 5.74) is 2.61. The molecule has 0 aliphatic heterocycles. The zero-order valence-corrected chi connectivity index (χ0v) is 17.9. The van der Waals surface area contributed by atoms with E-state index in [1.165, 1.54) is 30.5 Å². The van der Waals surface area contributed by atoms with Gasteiger partial charge in [-0.3, -0.25) is 9.97 Å². The SMILES string of the molecule is O=C(O)c1cncc(-c2cnc(Nc3ccc(F)c(Cl)c3)nc2NCCc2ccccn2)c1. The summed E-state index contributed by atoms with van der Waals surface area (Å²) >= 11 is 5.85. The van der Waals surface area contributed by atoms with Crippen molar-refractivity contribution < 1.29 is 14.3 Å². The lowest BCUT2D eigenvalue weighted by Crippen LogP contribution is -2.10. The van der Waals surface area contributed by atoms with E-state index in [0.717, 1.165) is 5.69 Å². The van der Waals surface area contributed by atoms with Crippen molar-refractivity contribution in [3.05, 3.63) is 89.3 Å². The Hall–Kier alpha value is -4.11. The highest BCUT2D eigenvalue weighted by Crippen LogP contribution is 2.28. The molecule has 4 aromatic rings. The molecule has 0 aliphatic carbocycles. The molecule has 0 atom stereocenters. The third-order valence-corrected chi connectivity index (χ3v) is 4.95. The number of aromatic carboxylic acids is 1. The number of aromatic nitrogens is 4. The molecule has 0 aliphatic rings. The maximum Gasteiger partial charge on any atom is 0.337 e. The Bertz CT molecular complexity index is 1290. The minimum Gasteiger partial charge on any atom is -0.478 e. The monoisotopic (exact) mass is 464 g/mol. The predicted molar refractivity (Wildman–Crippen MR) is 123 cm³/mol. The zero-order chi connectivity index (χ0) is 23.2. The smallest absolute Gasteiger partial charge is 0.337 e.